The summed E-state index contributed by atoms with van der Waals surface area (Å²) in [5, 5.41) is 1.15. The van der Waals surface area contributed by atoms with E-state index in [2.05, 4.69) is 16.0 Å². The van der Waals surface area contributed by atoms with Crippen LogP contribution in [0.15, 0.2) is 24.4 Å². The minimum atomic E-state index is 0.188. The standard InChI is InChI=1S/C10H13N3/c1-7(11)5-9-6-8-3-2-4-12-10(8)13-9/h2-4,6-7H,5,11H2,1H3,(H,12,13). The lowest BCUT2D eigenvalue weighted by Gasteiger charge is -2.00. The van der Waals surface area contributed by atoms with Gasteiger partial charge in [-0.1, -0.05) is 0 Å². The van der Waals surface area contributed by atoms with Crippen molar-refractivity contribution in [3.05, 3.63) is 30.1 Å². The number of hydrogen-bond acceptors (Lipinski definition) is 2. The molecular weight excluding hydrogens is 162 g/mol. The van der Waals surface area contributed by atoms with Crippen LogP contribution >= 0.6 is 0 Å². The van der Waals surface area contributed by atoms with Gasteiger partial charge in [0.1, 0.15) is 5.65 Å². The fraction of sp³-hybridized carbons (Fsp3) is 0.300. The minimum Gasteiger partial charge on any atom is -0.343 e. The minimum absolute atomic E-state index is 0.188. The van der Waals surface area contributed by atoms with E-state index in [0.717, 1.165) is 23.1 Å². The highest BCUT2D eigenvalue weighted by molar-refractivity contribution is 5.76. The lowest BCUT2D eigenvalue weighted by Crippen LogP contribution is -2.17. The molecule has 13 heavy (non-hydrogen) atoms. The van der Waals surface area contributed by atoms with Crippen LogP contribution in [0.1, 0.15) is 12.6 Å². The van der Waals surface area contributed by atoms with Gasteiger partial charge in [-0.2, -0.15) is 0 Å². The molecule has 2 heterocycles. The maximum atomic E-state index is 5.71. The number of rotatable bonds is 2. The Hall–Kier alpha value is -1.35. The molecule has 0 fully saturated rings. The summed E-state index contributed by atoms with van der Waals surface area (Å²) in [5.74, 6) is 0. The predicted molar refractivity (Wildman–Crippen MR) is 53.4 cm³/mol. The lowest BCUT2D eigenvalue weighted by molar-refractivity contribution is 0.726. The molecule has 2 aromatic rings. The van der Waals surface area contributed by atoms with Gasteiger partial charge in [0.05, 0.1) is 0 Å². The SMILES string of the molecule is CC(N)Cc1cc2cccnc2[nH]1. The van der Waals surface area contributed by atoms with Crippen LogP contribution < -0.4 is 5.73 Å². The summed E-state index contributed by atoms with van der Waals surface area (Å²) in [5.41, 5.74) is 7.80. The van der Waals surface area contributed by atoms with Crippen molar-refractivity contribution < 1.29 is 0 Å². The second-order valence-corrected chi connectivity index (χ2v) is 3.42. The first kappa shape index (κ1) is 8.26. The van der Waals surface area contributed by atoms with E-state index in [0.29, 0.717) is 0 Å². The number of fused-ring (bicyclic) bond motifs is 1. The summed E-state index contributed by atoms with van der Waals surface area (Å²) in [4.78, 5) is 7.45. The van der Waals surface area contributed by atoms with E-state index >= 15 is 0 Å². The van der Waals surface area contributed by atoms with Crippen molar-refractivity contribution in [1.29, 1.82) is 0 Å². The molecular formula is C10H13N3. The summed E-state index contributed by atoms with van der Waals surface area (Å²) in [6.07, 6.45) is 2.66. The van der Waals surface area contributed by atoms with Gasteiger partial charge in [0.2, 0.25) is 0 Å². The molecule has 0 aliphatic carbocycles. The Morgan fingerprint density at radius 3 is 3.15 bits per heavy atom. The number of nitrogens with zero attached hydrogens (tertiary/aromatic N) is 1. The maximum Gasteiger partial charge on any atom is 0.137 e. The van der Waals surface area contributed by atoms with Crippen LogP contribution in [-0.2, 0) is 6.42 Å². The molecule has 0 spiro atoms. The summed E-state index contributed by atoms with van der Waals surface area (Å²) in [7, 11) is 0. The third-order valence-corrected chi connectivity index (χ3v) is 1.99. The molecule has 0 aliphatic heterocycles. The number of nitrogens with one attached hydrogen (secondary N) is 1. The largest absolute Gasteiger partial charge is 0.343 e. The van der Waals surface area contributed by atoms with E-state index in [9.17, 15) is 0 Å². The van der Waals surface area contributed by atoms with Crippen molar-refractivity contribution in [2.45, 2.75) is 19.4 Å². The van der Waals surface area contributed by atoms with Gasteiger partial charge in [-0.15, -0.1) is 0 Å². The molecule has 0 saturated heterocycles. The van der Waals surface area contributed by atoms with E-state index in [1.165, 1.54) is 0 Å². The van der Waals surface area contributed by atoms with Gasteiger partial charge in [-0.3, -0.25) is 0 Å². The van der Waals surface area contributed by atoms with Crippen molar-refractivity contribution in [3.63, 3.8) is 0 Å². The van der Waals surface area contributed by atoms with Crippen molar-refractivity contribution >= 4 is 11.0 Å². The van der Waals surface area contributed by atoms with Gasteiger partial charge >= 0.3 is 0 Å². The van der Waals surface area contributed by atoms with Gasteiger partial charge in [0.15, 0.2) is 0 Å². The third kappa shape index (κ3) is 1.70. The van der Waals surface area contributed by atoms with Crippen LogP contribution in [0, 0.1) is 0 Å². The van der Waals surface area contributed by atoms with Crippen LogP contribution in [0.3, 0.4) is 0 Å². The Labute approximate surface area is 77.0 Å². The highest BCUT2D eigenvalue weighted by Crippen LogP contribution is 2.12. The first-order chi connectivity index (χ1) is 6.25. The number of hydrogen-bond donors (Lipinski definition) is 2. The molecule has 0 aliphatic rings. The van der Waals surface area contributed by atoms with E-state index in [1.54, 1.807) is 6.20 Å². The predicted octanol–water partition coefficient (Wildman–Crippen LogP) is 1.45. The van der Waals surface area contributed by atoms with Crippen LogP contribution in [0.5, 0.6) is 0 Å². The highest BCUT2D eigenvalue weighted by Gasteiger charge is 2.02. The molecule has 3 heteroatoms. The molecule has 3 N–H and O–H groups in total. The maximum absolute atomic E-state index is 5.71. The summed E-state index contributed by atoms with van der Waals surface area (Å²) >= 11 is 0. The zero-order valence-electron chi connectivity index (χ0n) is 7.62. The lowest BCUT2D eigenvalue weighted by atomic mass is 10.2. The Morgan fingerprint density at radius 1 is 1.62 bits per heavy atom. The molecule has 0 amide bonds. The Balaban J connectivity index is 2.38. The Morgan fingerprint density at radius 2 is 2.46 bits per heavy atom. The summed E-state index contributed by atoms with van der Waals surface area (Å²) < 4.78 is 0. The normalized spacial score (nSPS) is 13.4. The second-order valence-electron chi connectivity index (χ2n) is 3.42. The highest BCUT2D eigenvalue weighted by atomic mass is 14.9. The number of pyridine rings is 1. The first-order valence-electron chi connectivity index (χ1n) is 4.44. The fourth-order valence-electron chi connectivity index (χ4n) is 1.47. The molecule has 2 rings (SSSR count). The molecule has 3 nitrogen and oxygen atoms in total. The average Bonchev–Trinajstić information content (AvgIpc) is 2.44. The average molecular weight is 175 g/mol. The molecule has 0 aromatic carbocycles. The second kappa shape index (κ2) is 3.18. The molecule has 2 aromatic heterocycles. The number of aromatic nitrogens is 2. The van der Waals surface area contributed by atoms with Crippen LogP contribution in [-0.4, -0.2) is 16.0 Å². The molecule has 68 valence electrons. The van der Waals surface area contributed by atoms with E-state index in [1.807, 2.05) is 19.1 Å². The number of H-pyrrole nitrogens is 1. The molecule has 0 radical (unpaired) electrons. The quantitative estimate of drug-likeness (QED) is 0.725. The molecule has 0 bridgehead atoms. The van der Waals surface area contributed by atoms with Gasteiger partial charge in [0, 0.05) is 29.7 Å². The zero-order chi connectivity index (χ0) is 9.26. The first-order valence-corrected chi connectivity index (χ1v) is 4.44. The third-order valence-electron chi connectivity index (χ3n) is 1.99. The van der Waals surface area contributed by atoms with Crippen LogP contribution in [0.4, 0.5) is 0 Å². The number of aromatic amines is 1. The van der Waals surface area contributed by atoms with E-state index < -0.39 is 0 Å². The zero-order valence-corrected chi connectivity index (χ0v) is 7.62. The molecule has 0 saturated carbocycles. The van der Waals surface area contributed by atoms with Gasteiger partial charge in [-0.05, 0) is 25.1 Å². The van der Waals surface area contributed by atoms with E-state index in [4.69, 9.17) is 5.73 Å². The number of nitrogens with two attached hydrogens (primary N) is 1. The van der Waals surface area contributed by atoms with Crippen LogP contribution in [0.25, 0.3) is 11.0 Å². The van der Waals surface area contributed by atoms with E-state index in [-0.39, 0.29) is 6.04 Å². The van der Waals surface area contributed by atoms with Crippen molar-refractivity contribution in [2.75, 3.05) is 0 Å². The monoisotopic (exact) mass is 175 g/mol. The summed E-state index contributed by atoms with van der Waals surface area (Å²) in [6.45, 7) is 2.00. The van der Waals surface area contributed by atoms with Crippen LogP contribution in [0.2, 0.25) is 0 Å². The van der Waals surface area contributed by atoms with Crippen molar-refractivity contribution in [1.82, 2.24) is 9.97 Å². The topological polar surface area (TPSA) is 54.7 Å². The van der Waals surface area contributed by atoms with Gasteiger partial charge < -0.3 is 10.7 Å². The molecule has 1 atom stereocenters. The Kier molecular flexibility index (Phi) is 2.02. The fourth-order valence-corrected chi connectivity index (χ4v) is 1.47. The van der Waals surface area contributed by atoms with Gasteiger partial charge in [-0.25, -0.2) is 4.98 Å². The Bertz CT molecular complexity index is 370. The van der Waals surface area contributed by atoms with Crippen molar-refractivity contribution in [2.24, 2.45) is 5.73 Å². The van der Waals surface area contributed by atoms with Gasteiger partial charge in [0.25, 0.3) is 0 Å². The summed E-state index contributed by atoms with van der Waals surface area (Å²) in [6, 6.07) is 6.27. The molecule has 1 unspecified atom stereocenters. The van der Waals surface area contributed by atoms with Crippen molar-refractivity contribution in [3.8, 4) is 0 Å². The smallest absolute Gasteiger partial charge is 0.137 e.